The number of ether oxygens (including phenoxy) is 1. The molecule has 0 saturated heterocycles. The molecule has 0 saturated carbocycles. The highest BCUT2D eigenvalue weighted by atomic mass is 35.5. The highest BCUT2D eigenvalue weighted by molar-refractivity contribution is 6.30. The van der Waals surface area contributed by atoms with Crippen molar-refractivity contribution in [2.24, 2.45) is 0 Å². The van der Waals surface area contributed by atoms with Gasteiger partial charge in [0.1, 0.15) is 5.75 Å². The van der Waals surface area contributed by atoms with Gasteiger partial charge in [0.2, 0.25) is 17.6 Å². The molecule has 0 aliphatic heterocycles. The normalized spacial score (nSPS) is 10.4. The van der Waals surface area contributed by atoms with Gasteiger partial charge in [-0.1, -0.05) is 11.6 Å². The number of benzene rings is 2. The van der Waals surface area contributed by atoms with Crippen LogP contribution < -0.4 is 21.1 Å². The first kappa shape index (κ1) is 19.2. The van der Waals surface area contributed by atoms with Crippen molar-refractivity contribution >= 4 is 46.2 Å². The van der Waals surface area contributed by atoms with Crippen LogP contribution in [0.3, 0.4) is 0 Å². The van der Waals surface area contributed by atoms with Crippen molar-refractivity contribution in [3.8, 4) is 5.75 Å². The maximum Gasteiger partial charge on any atom is 0.353 e. The van der Waals surface area contributed by atoms with Gasteiger partial charge in [-0.15, -0.1) is 0 Å². The lowest BCUT2D eigenvalue weighted by molar-refractivity contribution is -0.383. The number of nitro groups is 1. The monoisotopic (exact) mass is 400 g/mol. The van der Waals surface area contributed by atoms with E-state index in [0.29, 0.717) is 23.0 Å². The van der Waals surface area contributed by atoms with E-state index in [0.717, 1.165) is 5.75 Å². The molecule has 0 radical (unpaired) electrons. The van der Waals surface area contributed by atoms with E-state index in [-0.39, 0.29) is 17.6 Å². The predicted octanol–water partition coefficient (Wildman–Crippen LogP) is 4.51. The number of nitrogens with two attached hydrogens (primary N) is 1. The predicted molar refractivity (Wildman–Crippen MR) is 109 cm³/mol. The molecular weight excluding hydrogens is 384 g/mol. The Morgan fingerprint density at radius 1 is 1.07 bits per heavy atom. The average molecular weight is 401 g/mol. The Bertz CT molecular complexity index is 980. The van der Waals surface area contributed by atoms with Gasteiger partial charge in [-0.05, 0) is 55.5 Å². The highest BCUT2D eigenvalue weighted by Gasteiger charge is 2.23. The summed E-state index contributed by atoms with van der Waals surface area (Å²) in [6.07, 6.45) is 0. The lowest BCUT2D eigenvalue weighted by Crippen LogP contribution is -2.08. The number of aromatic nitrogens is 2. The van der Waals surface area contributed by atoms with E-state index in [1.54, 1.807) is 48.5 Å². The van der Waals surface area contributed by atoms with Gasteiger partial charge in [-0.25, -0.2) is 0 Å². The Balaban J connectivity index is 1.90. The third-order valence-corrected chi connectivity index (χ3v) is 3.87. The van der Waals surface area contributed by atoms with Gasteiger partial charge in [0.05, 0.1) is 11.5 Å². The fourth-order valence-electron chi connectivity index (χ4n) is 2.40. The van der Waals surface area contributed by atoms with Crippen LogP contribution in [0, 0.1) is 10.1 Å². The number of nitrogens with zero attached hydrogens (tertiary/aromatic N) is 3. The van der Waals surface area contributed by atoms with Crippen LogP contribution in [0.4, 0.5) is 34.6 Å². The largest absolute Gasteiger partial charge is 0.494 e. The molecule has 2 aromatic carbocycles. The van der Waals surface area contributed by atoms with Crippen molar-refractivity contribution in [1.29, 1.82) is 0 Å². The molecular formula is C18H17ClN6O3. The van der Waals surface area contributed by atoms with Crippen molar-refractivity contribution in [2.75, 3.05) is 23.0 Å². The second-order valence-electron chi connectivity index (χ2n) is 5.60. The first-order chi connectivity index (χ1) is 13.5. The lowest BCUT2D eigenvalue weighted by Gasteiger charge is -2.11. The van der Waals surface area contributed by atoms with E-state index in [9.17, 15) is 10.1 Å². The summed E-state index contributed by atoms with van der Waals surface area (Å²) in [5, 5.41) is 17.8. The summed E-state index contributed by atoms with van der Waals surface area (Å²) in [7, 11) is 0. The minimum absolute atomic E-state index is 0.0340. The van der Waals surface area contributed by atoms with Crippen LogP contribution in [-0.4, -0.2) is 21.5 Å². The van der Waals surface area contributed by atoms with Gasteiger partial charge in [0.25, 0.3) is 0 Å². The van der Waals surface area contributed by atoms with Crippen LogP contribution in [0.1, 0.15) is 6.92 Å². The molecule has 1 aromatic heterocycles. The van der Waals surface area contributed by atoms with Gasteiger partial charge in [0, 0.05) is 16.4 Å². The molecule has 3 aromatic rings. The Kier molecular flexibility index (Phi) is 5.75. The summed E-state index contributed by atoms with van der Waals surface area (Å²) in [6.45, 7) is 2.46. The number of hydrogen-bond donors (Lipinski definition) is 3. The van der Waals surface area contributed by atoms with Crippen molar-refractivity contribution in [3.63, 3.8) is 0 Å². The maximum absolute atomic E-state index is 11.4. The minimum Gasteiger partial charge on any atom is -0.494 e. The van der Waals surface area contributed by atoms with Crippen LogP contribution in [0.2, 0.25) is 5.02 Å². The van der Waals surface area contributed by atoms with Crippen molar-refractivity contribution in [1.82, 2.24) is 9.97 Å². The van der Waals surface area contributed by atoms with Crippen LogP contribution in [-0.2, 0) is 0 Å². The minimum atomic E-state index is -0.631. The Morgan fingerprint density at radius 3 is 2.29 bits per heavy atom. The van der Waals surface area contributed by atoms with Gasteiger partial charge in [-0.3, -0.25) is 10.1 Å². The van der Waals surface area contributed by atoms with E-state index in [4.69, 9.17) is 22.1 Å². The van der Waals surface area contributed by atoms with Gasteiger partial charge >= 0.3 is 5.69 Å². The molecule has 0 atom stereocenters. The van der Waals surface area contributed by atoms with Crippen LogP contribution in [0.25, 0.3) is 0 Å². The number of halogens is 1. The van der Waals surface area contributed by atoms with E-state index in [1.807, 2.05) is 6.92 Å². The number of nitrogen functional groups attached to an aromatic ring is 1. The van der Waals surface area contributed by atoms with Crippen molar-refractivity contribution < 1.29 is 9.66 Å². The highest BCUT2D eigenvalue weighted by Crippen LogP contribution is 2.32. The van der Waals surface area contributed by atoms with Crippen LogP contribution >= 0.6 is 11.6 Å². The maximum atomic E-state index is 11.4. The van der Waals surface area contributed by atoms with Gasteiger partial charge < -0.3 is 21.1 Å². The summed E-state index contributed by atoms with van der Waals surface area (Å²) in [4.78, 5) is 19.0. The Morgan fingerprint density at radius 2 is 1.68 bits per heavy atom. The molecule has 0 unspecified atom stereocenters. The zero-order valence-corrected chi connectivity index (χ0v) is 15.6. The topological polar surface area (TPSA) is 128 Å². The molecule has 0 aliphatic carbocycles. The van der Waals surface area contributed by atoms with Gasteiger partial charge in [0.15, 0.2) is 0 Å². The zero-order chi connectivity index (χ0) is 20.1. The van der Waals surface area contributed by atoms with Crippen LogP contribution in [0.15, 0.2) is 48.5 Å². The quantitative estimate of drug-likeness (QED) is 0.390. The molecule has 0 aliphatic rings. The summed E-state index contributed by atoms with van der Waals surface area (Å²) >= 11 is 5.87. The molecule has 3 rings (SSSR count). The van der Waals surface area contributed by atoms with Gasteiger partial charge in [-0.2, -0.15) is 9.97 Å². The summed E-state index contributed by atoms with van der Waals surface area (Å²) in [5.74, 6) is 0.546. The fraction of sp³-hybridized carbons (Fsp3) is 0.111. The van der Waals surface area contributed by atoms with E-state index < -0.39 is 10.6 Å². The molecule has 0 spiro atoms. The van der Waals surface area contributed by atoms with E-state index >= 15 is 0 Å². The molecule has 0 bridgehead atoms. The standard InChI is InChI=1S/C18H17ClN6O3/c1-2-28-14-9-7-13(8-10-14)22-18-23-16(20)15(25(26)27)17(24-18)21-12-5-3-11(19)4-6-12/h3-10H,2H2,1H3,(H4,20,21,22,23,24). The lowest BCUT2D eigenvalue weighted by atomic mass is 10.3. The summed E-state index contributed by atoms with van der Waals surface area (Å²) in [5.41, 5.74) is 6.64. The molecule has 0 amide bonds. The van der Waals surface area contributed by atoms with E-state index in [1.165, 1.54) is 0 Å². The average Bonchev–Trinajstić information content (AvgIpc) is 2.65. The molecule has 9 nitrogen and oxygen atoms in total. The SMILES string of the molecule is CCOc1ccc(Nc2nc(N)c([N+](=O)[O-])c(Nc3ccc(Cl)cc3)n2)cc1. The number of hydrogen-bond acceptors (Lipinski definition) is 8. The number of anilines is 5. The third kappa shape index (κ3) is 4.57. The first-order valence-electron chi connectivity index (χ1n) is 8.30. The molecule has 1 heterocycles. The third-order valence-electron chi connectivity index (χ3n) is 3.62. The molecule has 0 fully saturated rings. The molecule has 28 heavy (non-hydrogen) atoms. The number of rotatable bonds is 7. The summed E-state index contributed by atoms with van der Waals surface area (Å²) < 4.78 is 5.39. The Hall–Kier alpha value is -3.59. The van der Waals surface area contributed by atoms with Crippen molar-refractivity contribution in [3.05, 3.63) is 63.7 Å². The number of nitrogens with one attached hydrogen (secondary N) is 2. The summed E-state index contributed by atoms with van der Waals surface area (Å²) in [6, 6.07) is 13.8. The second-order valence-corrected chi connectivity index (χ2v) is 6.04. The first-order valence-corrected chi connectivity index (χ1v) is 8.68. The smallest absolute Gasteiger partial charge is 0.353 e. The molecule has 4 N–H and O–H groups in total. The molecule has 144 valence electrons. The fourth-order valence-corrected chi connectivity index (χ4v) is 2.52. The second kappa shape index (κ2) is 8.40. The Labute approximate surface area is 165 Å². The van der Waals surface area contributed by atoms with Crippen molar-refractivity contribution in [2.45, 2.75) is 6.92 Å². The molecule has 10 heteroatoms. The van der Waals surface area contributed by atoms with Crippen LogP contribution in [0.5, 0.6) is 5.75 Å². The zero-order valence-electron chi connectivity index (χ0n) is 14.8. The van der Waals surface area contributed by atoms with E-state index in [2.05, 4.69) is 20.6 Å².